The van der Waals surface area contributed by atoms with Crippen LogP contribution in [0.2, 0.25) is 0 Å². The highest BCUT2D eigenvalue weighted by Gasteiger charge is 2.31. The van der Waals surface area contributed by atoms with Crippen molar-refractivity contribution >= 4 is 0 Å². The summed E-state index contributed by atoms with van der Waals surface area (Å²) in [6, 6.07) is 16.3. The highest BCUT2D eigenvalue weighted by Crippen LogP contribution is 2.25. The predicted molar refractivity (Wildman–Crippen MR) is 130 cm³/mol. The van der Waals surface area contributed by atoms with Gasteiger partial charge in [-0.3, -0.25) is 9.58 Å². The zero-order valence-corrected chi connectivity index (χ0v) is 19.7. The number of nitrogens with zero attached hydrogens (tertiary/aromatic N) is 3. The molecule has 1 aromatic heterocycles. The largest absolute Gasteiger partial charge is 0.492 e. The number of aliphatic hydroxyl groups is 1. The second kappa shape index (κ2) is 10.9. The first-order valence-electron chi connectivity index (χ1n) is 11.8. The summed E-state index contributed by atoms with van der Waals surface area (Å²) in [5, 5.41) is 15.4. The van der Waals surface area contributed by atoms with Crippen molar-refractivity contribution in [3.63, 3.8) is 0 Å². The van der Waals surface area contributed by atoms with Gasteiger partial charge in [-0.05, 0) is 75.0 Å². The summed E-state index contributed by atoms with van der Waals surface area (Å²) in [7, 11) is 0. The zero-order valence-electron chi connectivity index (χ0n) is 19.7. The molecular weight excluding hydrogens is 414 g/mol. The number of rotatable bonds is 9. The fraction of sp³-hybridized carbons (Fsp3) is 0.444. The number of aromatic nitrogens is 2. The third kappa shape index (κ3) is 7.07. The molecule has 1 aliphatic rings. The topological polar surface area (TPSA) is 59.8 Å². The van der Waals surface area contributed by atoms with E-state index in [4.69, 9.17) is 9.47 Å². The van der Waals surface area contributed by atoms with Gasteiger partial charge in [0, 0.05) is 19.3 Å². The first-order valence-corrected chi connectivity index (χ1v) is 11.8. The number of benzene rings is 2. The molecule has 0 aliphatic carbocycles. The Balaban J connectivity index is 1.25. The quantitative estimate of drug-likeness (QED) is 0.526. The van der Waals surface area contributed by atoms with Crippen LogP contribution in [0.1, 0.15) is 36.0 Å². The number of aryl methyl sites for hydroxylation is 2. The first kappa shape index (κ1) is 23.3. The predicted octanol–water partition coefficient (Wildman–Crippen LogP) is 4.37. The Bertz CT molecular complexity index is 1020. The summed E-state index contributed by atoms with van der Waals surface area (Å²) in [5.41, 5.74) is 2.80. The summed E-state index contributed by atoms with van der Waals surface area (Å²) in [4.78, 5) is 2.41. The van der Waals surface area contributed by atoms with Crippen LogP contribution in [-0.4, -0.2) is 51.7 Å². The molecule has 4 rings (SSSR count). The van der Waals surface area contributed by atoms with Crippen LogP contribution < -0.4 is 9.47 Å². The Kier molecular flexibility index (Phi) is 7.68. The molecule has 0 radical (unpaired) electrons. The van der Waals surface area contributed by atoms with Gasteiger partial charge >= 0.3 is 0 Å². The van der Waals surface area contributed by atoms with Gasteiger partial charge in [-0.2, -0.15) is 5.10 Å². The SMILES string of the molecule is Cc1ccc(OCC2(O)CCCN(Cc3cccc(OCCn4cc(C)cn4)c3)CC2)cc1. The van der Waals surface area contributed by atoms with E-state index >= 15 is 0 Å². The Hall–Kier alpha value is -2.83. The van der Waals surface area contributed by atoms with E-state index < -0.39 is 5.60 Å². The number of hydrogen-bond donors (Lipinski definition) is 1. The van der Waals surface area contributed by atoms with Crippen LogP contribution in [0, 0.1) is 13.8 Å². The van der Waals surface area contributed by atoms with E-state index in [9.17, 15) is 5.11 Å². The van der Waals surface area contributed by atoms with Gasteiger partial charge in [0.25, 0.3) is 0 Å². The van der Waals surface area contributed by atoms with Crippen LogP contribution in [0.5, 0.6) is 11.5 Å². The molecule has 6 heteroatoms. The lowest BCUT2D eigenvalue weighted by molar-refractivity contribution is -0.0168. The third-order valence-electron chi connectivity index (χ3n) is 6.19. The lowest BCUT2D eigenvalue weighted by atomic mass is 9.96. The van der Waals surface area contributed by atoms with Crippen molar-refractivity contribution in [3.05, 3.63) is 77.6 Å². The standard InChI is InChI=1S/C27H35N3O3/c1-22-7-9-25(10-8-22)33-21-27(31)11-4-13-29(14-12-27)20-24-5-3-6-26(17-24)32-16-15-30-19-23(2)18-28-30/h3,5-10,17-19,31H,4,11-16,20-21H2,1-2H3. The van der Waals surface area contributed by atoms with Gasteiger partial charge in [-0.25, -0.2) is 0 Å². The lowest BCUT2D eigenvalue weighted by Gasteiger charge is -2.27. The smallest absolute Gasteiger partial charge is 0.119 e. The molecule has 0 amide bonds. The van der Waals surface area contributed by atoms with Gasteiger partial charge in [0.15, 0.2) is 0 Å². The number of ether oxygens (including phenoxy) is 2. The lowest BCUT2D eigenvalue weighted by Crippen LogP contribution is -2.37. The number of hydrogen-bond acceptors (Lipinski definition) is 5. The molecule has 0 bridgehead atoms. The van der Waals surface area contributed by atoms with Crippen molar-refractivity contribution in [2.24, 2.45) is 0 Å². The third-order valence-corrected chi connectivity index (χ3v) is 6.19. The molecule has 1 saturated heterocycles. The van der Waals surface area contributed by atoms with Gasteiger partial charge in [0.2, 0.25) is 0 Å². The summed E-state index contributed by atoms with van der Waals surface area (Å²) >= 11 is 0. The van der Waals surface area contributed by atoms with Gasteiger partial charge in [-0.15, -0.1) is 0 Å². The van der Waals surface area contributed by atoms with E-state index in [0.29, 0.717) is 19.6 Å². The van der Waals surface area contributed by atoms with Crippen LogP contribution in [0.25, 0.3) is 0 Å². The molecule has 0 spiro atoms. The molecule has 2 heterocycles. The summed E-state index contributed by atoms with van der Waals surface area (Å²) < 4.78 is 13.8. The van der Waals surface area contributed by atoms with E-state index in [1.807, 2.05) is 60.4 Å². The van der Waals surface area contributed by atoms with Crippen LogP contribution in [-0.2, 0) is 13.1 Å². The van der Waals surface area contributed by atoms with Crippen molar-refractivity contribution in [2.75, 3.05) is 26.3 Å². The maximum absolute atomic E-state index is 11.1. The molecule has 0 saturated carbocycles. The van der Waals surface area contributed by atoms with Crippen molar-refractivity contribution < 1.29 is 14.6 Å². The minimum Gasteiger partial charge on any atom is -0.492 e. The van der Waals surface area contributed by atoms with E-state index in [1.165, 1.54) is 11.1 Å². The van der Waals surface area contributed by atoms with Gasteiger partial charge in [0.05, 0.1) is 18.3 Å². The normalized spacial score (nSPS) is 19.2. The molecule has 1 unspecified atom stereocenters. The average molecular weight is 450 g/mol. The molecule has 6 nitrogen and oxygen atoms in total. The fourth-order valence-corrected chi connectivity index (χ4v) is 4.23. The fourth-order valence-electron chi connectivity index (χ4n) is 4.23. The summed E-state index contributed by atoms with van der Waals surface area (Å²) in [5.74, 6) is 1.70. The maximum atomic E-state index is 11.1. The molecule has 1 fully saturated rings. The van der Waals surface area contributed by atoms with Crippen molar-refractivity contribution in [1.82, 2.24) is 14.7 Å². The van der Waals surface area contributed by atoms with Crippen molar-refractivity contribution in [1.29, 1.82) is 0 Å². The van der Waals surface area contributed by atoms with E-state index in [-0.39, 0.29) is 0 Å². The first-order chi connectivity index (χ1) is 16.0. The van der Waals surface area contributed by atoms with Gasteiger partial charge in [0.1, 0.15) is 24.7 Å². The van der Waals surface area contributed by atoms with E-state index in [0.717, 1.165) is 56.1 Å². The van der Waals surface area contributed by atoms with Crippen LogP contribution in [0.15, 0.2) is 60.9 Å². The van der Waals surface area contributed by atoms with E-state index in [2.05, 4.69) is 29.1 Å². The second-order valence-corrected chi connectivity index (χ2v) is 9.23. The van der Waals surface area contributed by atoms with Crippen LogP contribution >= 0.6 is 0 Å². The zero-order chi connectivity index (χ0) is 23.1. The monoisotopic (exact) mass is 449 g/mol. The van der Waals surface area contributed by atoms with E-state index in [1.54, 1.807) is 0 Å². The van der Waals surface area contributed by atoms with Crippen LogP contribution in [0.4, 0.5) is 0 Å². The second-order valence-electron chi connectivity index (χ2n) is 9.23. The highest BCUT2D eigenvalue weighted by atomic mass is 16.5. The maximum Gasteiger partial charge on any atom is 0.119 e. The molecule has 176 valence electrons. The molecule has 1 aliphatic heterocycles. The summed E-state index contributed by atoms with van der Waals surface area (Å²) in [6.07, 6.45) is 6.29. The molecular formula is C27H35N3O3. The molecule has 1 atom stereocenters. The van der Waals surface area contributed by atoms with Crippen LogP contribution in [0.3, 0.4) is 0 Å². The highest BCUT2D eigenvalue weighted by molar-refractivity contribution is 5.28. The van der Waals surface area contributed by atoms with Gasteiger partial charge < -0.3 is 14.6 Å². The Morgan fingerprint density at radius 2 is 1.82 bits per heavy atom. The Labute approximate surface area is 196 Å². The molecule has 3 aromatic rings. The molecule has 1 N–H and O–H groups in total. The molecule has 2 aromatic carbocycles. The minimum absolute atomic E-state index is 0.336. The van der Waals surface area contributed by atoms with Gasteiger partial charge in [-0.1, -0.05) is 29.8 Å². The van der Waals surface area contributed by atoms with Crippen molar-refractivity contribution in [3.8, 4) is 11.5 Å². The Morgan fingerprint density at radius 1 is 0.970 bits per heavy atom. The Morgan fingerprint density at radius 3 is 2.61 bits per heavy atom. The van der Waals surface area contributed by atoms with Crippen molar-refractivity contribution in [2.45, 2.75) is 51.8 Å². The average Bonchev–Trinajstić information content (AvgIpc) is 3.13. The number of likely N-dealkylation sites (tertiary alicyclic amines) is 1. The summed E-state index contributed by atoms with van der Waals surface area (Å²) in [6.45, 7) is 8.41. The minimum atomic E-state index is -0.782. The molecule has 33 heavy (non-hydrogen) atoms.